The van der Waals surface area contributed by atoms with Crippen molar-refractivity contribution in [2.75, 3.05) is 44.7 Å². The predicted octanol–water partition coefficient (Wildman–Crippen LogP) is 3.68. The van der Waals surface area contributed by atoms with Crippen molar-refractivity contribution in [3.63, 3.8) is 0 Å². The van der Waals surface area contributed by atoms with Crippen molar-refractivity contribution in [1.82, 2.24) is 9.80 Å². The molecule has 0 N–H and O–H groups in total. The molecule has 0 aliphatic carbocycles. The van der Waals surface area contributed by atoms with Crippen molar-refractivity contribution < 1.29 is 4.79 Å². The van der Waals surface area contributed by atoms with Gasteiger partial charge >= 0.3 is 0 Å². The van der Waals surface area contributed by atoms with Crippen LogP contribution in [0.5, 0.6) is 0 Å². The van der Waals surface area contributed by atoms with Crippen molar-refractivity contribution in [1.29, 1.82) is 5.26 Å². The van der Waals surface area contributed by atoms with Crippen LogP contribution in [0, 0.1) is 17.2 Å². The van der Waals surface area contributed by atoms with Crippen molar-refractivity contribution in [3.05, 3.63) is 65.2 Å². The van der Waals surface area contributed by atoms with E-state index in [0.29, 0.717) is 11.5 Å². The Hall–Kier alpha value is -2.84. The molecule has 0 atom stereocenters. The first kappa shape index (κ1) is 21.4. The highest BCUT2D eigenvalue weighted by Gasteiger charge is 2.27. The smallest absolute Gasteiger partial charge is 0.225 e. The second kappa shape index (κ2) is 9.98. The predicted molar refractivity (Wildman–Crippen MR) is 124 cm³/mol. The number of nitriles is 1. The van der Waals surface area contributed by atoms with Gasteiger partial charge in [-0.2, -0.15) is 5.26 Å². The fourth-order valence-corrected chi connectivity index (χ4v) is 4.83. The molecular formula is C26H32N4O. The van der Waals surface area contributed by atoms with Crippen LogP contribution in [0.4, 0.5) is 5.69 Å². The summed E-state index contributed by atoms with van der Waals surface area (Å²) in [6.45, 7) is 5.80. The lowest BCUT2D eigenvalue weighted by molar-refractivity contribution is -0.134. The molecule has 0 radical (unpaired) electrons. The minimum atomic E-state index is 0.126. The number of rotatable bonds is 6. The number of carbonyl (C=O) groups excluding carboxylic acids is 1. The van der Waals surface area contributed by atoms with Gasteiger partial charge in [0.2, 0.25) is 5.91 Å². The van der Waals surface area contributed by atoms with E-state index in [1.807, 2.05) is 36.2 Å². The molecule has 2 aromatic carbocycles. The highest BCUT2D eigenvalue weighted by Crippen LogP contribution is 2.25. The average Bonchev–Trinajstić information content (AvgIpc) is 2.83. The summed E-state index contributed by atoms with van der Waals surface area (Å²) in [5.74, 6) is 0.421. The first-order valence-electron chi connectivity index (χ1n) is 11.4. The van der Waals surface area contributed by atoms with E-state index in [1.54, 1.807) is 0 Å². The molecule has 5 heteroatoms. The summed E-state index contributed by atoms with van der Waals surface area (Å²) in [7, 11) is 1.96. The summed E-state index contributed by atoms with van der Waals surface area (Å²) in [5.41, 5.74) is 4.76. The molecule has 0 saturated carbocycles. The van der Waals surface area contributed by atoms with Crippen LogP contribution in [0.25, 0.3) is 0 Å². The fraction of sp³-hybridized carbons (Fsp3) is 0.462. The third-order valence-corrected chi connectivity index (χ3v) is 6.76. The van der Waals surface area contributed by atoms with Crippen molar-refractivity contribution in [3.8, 4) is 6.07 Å². The van der Waals surface area contributed by atoms with Gasteiger partial charge in [-0.1, -0.05) is 24.3 Å². The average molecular weight is 417 g/mol. The summed E-state index contributed by atoms with van der Waals surface area (Å²) in [4.78, 5) is 19.7. The lowest BCUT2D eigenvalue weighted by Crippen LogP contribution is -2.42. The second-order valence-corrected chi connectivity index (χ2v) is 8.83. The van der Waals surface area contributed by atoms with Gasteiger partial charge in [0.05, 0.1) is 11.6 Å². The fourth-order valence-electron chi connectivity index (χ4n) is 4.83. The second-order valence-electron chi connectivity index (χ2n) is 8.83. The number of piperidine rings is 1. The zero-order chi connectivity index (χ0) is 21.6. The van der Waals surface area contributed by atoms with Crippen molar-refractivity contribution in [2.45, 2.75) is 32.2 Å². The molecule has 4 rings (SSSR count). The standard InChI is InChI=1S/C26H32N4O/c1-28(14-4-15-29-16-11-22-5-2-3-6-24(22)20-29)26(31)23-12-17-30(18-13-23)25-9-7-21(19-27)8-10-25/h2-3,5-10,23H,4,11-18,20H2,1H3. The summed E-state index contributed by atoms with van der Waals surface area (Å²) in [6.07, 6.45) is 3.94. The van der Waals surface area contributed by atoms with Gasteiger partial charge in [-0.05, 0) is 61.1 Å². The van der Waals surface area contributed by atoms with Crippen LogP contribution in [0.3, 0.4) is 0 Å². The Balaban J connectivity index is 1.19. The van der Waals surface area contributed by atoms with E-state index in [4.69, 9.17) is 5.26 Å². The minimum Gasteiger partial charge on any atom is -0.371 e. The molecule has 1 amide bonds. The molecule has 31 heavy (non-hydrogen) atoms. The van der Waals surface area contributed by atoms with E-state index in [-0.39, 0.29) is 5.92 Å². The van der Waals surface area contributed by atoms with Gasteiger partial charge in [0.15, 0.2) is 0 Å². The molecule has 162 valence electrons. The summed E-state index contributed by atoms with van der Waals surface area (Å²) < 4.78 is 0. The van der Waals surface area contributed by atoms with E-state index in [2.05, 4.69) is 40.1 Å². The van der Waals surface area contributed by atoms with Crippen molar-refractivity contribution >= 4 is 11.6 Å². The number of anilines is 1. The number of fused-ring (bicyclic) bond motifs is 1. The third-order valence-electron chi connectivity index (χ3n) is 6.76. The van der Waals surface area contributed by atoms with Gasteiger partial charge in [-0.3, -0.25) is 9.69 Å². The summed E-state index contributed by atoms with van der Waals surface area (Å²) in [5, 5.41) is 8.95. The molecule has 1 saturated heterocycles. The Morgan fingerprint density at radius 2 is 1.77 bits per heavy atom. The van der Waals surface area contributed by atoms with Gasteiger partial charge in [0.25, 0.3) is 0 Å². The molecule has 0 bridgehead atoms. The molecule has 1 fully saturated rings. The first-order valence-corrected chi connectivity index (χ1v) is 11.4. The molecule has 0 spiro atoms. The van der Waals surface area contributed by atoms with E-state index >= 15 is 0 Å². The summed E-state index contributed by atoms with van der Waals surface area (Å²) >= 11 is 0. The Bertz CT molecular complexity index is 925. The van der Waals surface area contributed by atoms with Crippen LogP contribution in [0.2, 0.25) is 0 Å². The van der Waals surface area contributed by atoms with Crippen molar-refractivity contribution in [2.24, 2.45) is 5.92 Å². The van der Waals surface area contributed by atoms with Gasteiger partial charge in [0, 0.05) is 57.9 Å². The number of hydrogen-bond acceptors (Lipinski definition) is 4. The van der Waals surface area contributed by atoms with Gasteiger partial charge < -0.3 is 9.80 Å². The number of nitrogens with zero attached hydrogens (tertiary/aromatic N) is 4. The monoisotopic (exact) mass is 416 g/mol. The Morgan fingerprint density at radius 1 is 1.06 bits per heavy atom. The Labute approximate surface area is 185 Å². The molecule has 2 aliphatic rings. The maximum absolute atomic E-state index is 12.9. The molecule has 2 aromatic rings. The van der Waals surface area contributed by atoms with E-state index in [9.17, 15) is 4.79 Å². The first-order chi connectivity index (χ1) is 15.1. The number of benzene rings is 2. The molecule has 5 nitrogen and oxygen atoms in total. The molecule has 2 heterocycles. The van der Waals surface area contributed by atoms with E-state index in [1.165, 1.54) is 11.1 Å². The zero-order valence-electron chi connectivity index (χ0n) is 18.5. The van der Waals surface area contributed by atoms with Gasteiger partial charge in [-0.25, -0.2) is 0 Å². The number of hydrogen-bond donors (Lipinski definition) is 0. The number of amides is 1. The minimum absolute atomic E-state index is 0.126. The normalized spacial score (nSPS) is 17.1. The van der Waals surface area contributed by atoms with Crippen LogP contribution < -0.4 is 4.90 Å². The van der Waals surface area contributed by atoms with Gasteiger partial charge in [0.1, 0.15) is 0 Å². The highest BCUT2D eigenvalue weighted by atomic mass is 16.2. The van der Waals surface area contributed by atoms with E-state index in [0.717, 1.165) is 70.6 Å². The number of carbonyl (C=O) groups is 1. The Morgan fingerprint density at radius 3 is 2.48 bits per heavy atom. The van der Waals surface area contributed by atoms with Crippen LogP contribution in [0.15, 0.2) is 48.5 Å². The van der Waals surface area contributed by atoms with Crippen LogP contribution in [-0.2, 0) is 17.8 Å². The molecule has 0 unspecified atom stereocenters. The van der Waals surface area contributed by atoms with Crippen LogP contribution >= 0.6 is 0 Å². The SMILES string of the molecule is CN(CCCN1CCc2ccccc2C1)C(=O)C1CCN(c2ccc(C#N)cc2)CC1. The lowest BCUT2D eigenvalue weighted by atomic mass is 9.95. The maximum atomic E-state index is 12.9. The molecule has 0 aromatic heterocycles. The summed E-state index contributed by atoms with van der Waals surface area (Å²) in [6, 6.07) is 18.6. The molecular weight excluding hydrogens is 384 g/mol. The molecule has 2 aliphatic heterocycles. The van der Waals surface area contributed by atoms with Gasteiger partial charge in [-0.15, -0.1) is 0 Å². The lowest BCUT2D eigenvalue weighted by Gasteiger charge is -2.35. The maximum Gasteiger partial charge on any atom is 0.225 e. The highest BCUT2D eigenvalue weighted by molar-refractivity contribution is 5.79. The topological polar surface area (TPSA) is 50.6 Å². The Kier molecular flexibility index (Phi) is 6.89. The van der Waals surface area contributed by atoms with Crippen LogP contribution in [0.1, 0.15) is 36.0 Å². The third kappa shape index (κ3) is 5.26. The van der Waals surface area contributed by atoms with E-state index < -0.39 is 0 Å². The van der Waals surface area contributed by atoms with Crippen LogP contribution in [-0.4, -0.2) is 55.5 Å². The quantitative estimate of drug-likeness (QED) is 0.721. The zero-order valence-corrected chi connectivity index (χ0v) is 18.5. The largest absolute Gasteiger partial charge is 0.371 e.